The third-order valence-corrected chi connectivity index (χ3v) is 1.58. The van der Waals surface area contributed by atoms with Crippen molar-refractivity contribution in [2.45, 2.75) is 6.42 Å². The fourth-order valence-electron chi connectivity index (χ4n) is 0.862. The first-order chi connectivity index (χ1) is 6.22. The summed E-state index contributed by atoms with van der Waals surface area (Å²) < 4.78 is 16.9. The van der Waals surface area contributed by atoms with Crippen molar-refractivity contribution < 1.29 is 13.9 Å². The van der Waals surface area contributed by atoms with Crippen LogP contribution in [0.4, 0.5) is 4.39 Å². The Balaban J connectivity index is 2.47. The van der Waals surface area contributed by atoms with Gasteiger partial charge in [0.15, 0.2) is 0 Å². The molecular formula is C9H10FNO2. The maximum atomic E-state index is 12.4. The summed E-state index contributed by atoms with van der Waals surface area (Å²) in [4.78, 5) is 14.6. The summed E-state index contributed by atoms with van der Waals surface area (Å²) in [5.41, 5.74) is 0.687. The second-order valence-corrected chi connectivity index (χ2v) is 2.51. The number of hydrogen-bond acceptors (Lipinski definition) is 3. The van der Waals surface area contributed by atoms with Gasteiger partial charge in [-0.3, -0.25) is 9.79 Å². The SMILES string of the molecule is COC(=O)CN=C1C=CC(F)=CC1. The zero-order valence-corrected chi connectivity index (χ0v) is 7.29. The summed E-state index contributed by atoms with van der Waals surface area (Å²) in [5, 5.41) is 0. The predicted octanol–water partition coefficient (Wildman–Crippen LogP) is 1.41. The van der Waals surface area contributed by atoms with Crippen LogP contribution in [-0.2, 0) is 9.53 Å². The minimum atomic E-state index is -0.393. The Labute approximate surface area is 75.6 Å². The lowest BCUT2D eigenvalue weighted by Crippen LogP contribution is -2.07. The average molecular weight is 183 g/mol. The number of allylic oxidation sites excluding steroid dienone is 4. The molecule has 0 saturated carbocycles. The molecule has 0 aromatic carbocycles. The molecule has 0 N–H and O–H groups in total. The monoisotopic (exact) mass is 183 g/mol. The first-order valence-corrected chi connectivity index (χ1v) is 3.86. The number of methoxy groups -OCH3 is 1. The van der Waals surface area contributed by atoms with E-state index >= 15 is 0 Å². The zero-order chi connectivity index (χ0) is 9.68. The molecule has 0 bridgehead atoms. The number of halogens is 1. The number of nitrogens with zero attached hydrogens (tertiary/aromatic N) is 1. The summed E-state index contributed by atoms with van der Waals surface area (Å²) in [6.45, 7) is -0.00830. The molecule has 13 heavy (non-hydrogen) atoms. The first kappa shape index (κ1) is 9.64. The fourth-order valence-corrected chi connectivity index (χ4v) is 0.862. The van der Waals surface area contributed by atoms with Crippen LogP contribution in [0.15, 0.2) is 29.0 Å². The molecule has 1 rings (SSSR count). The summed E-state index contributed by atoms with van der Waals surface area (Å²) in [6.07, 6.45) is 4.72. The topological polar surface area (TPSA) is 38.7 Å². The van der Waals surface area contributed by atoms with Crippen molar-refractivity contribution in [3.63, 3.8) is 0 Å². The van der Waals surface area contributed by atoms with Crippen LogP contribution in [0, 0.1) is 0 Å². The number of hydrogen-bond donors (Lipinski definition) is 0. The summed E-state index contributed by atoms with van der Waals surface area (Å²) in [7, 11) is 1.30. The van der Waals surface area contributed by atoms with Gasteiger partial charge in [-0.15, -0.1) is 0 Å². The van der Waals surface area contributed by atoms with Crippen molar-refractivity contribution >= 4 is 11.7 Å². The van der Waals surface area contributed by atoms with Crippen molar-refractivity contribution in [2.75, 3.05) is 13.7 Å². The Bertz CT molecular complexity index is 292. The highest BCUT2D eigenvalue weighted by Crippen LogP contribution is 2.08. The van der Waals surface area contributed by atoms with E-state index in [9.17, 15) is 9.18 Å². The van der Waals surface area contributed by atoms with Crippen LogP contribution in [0.1, 0.15) is 6.42 Å². The highest BCUT2D eigenvalue weighted by Gasteiger charge is 2.02. The molecule has 0 unspecified atom stereocenters. The Hall–Kier alpha value is -1.45. The zero-order valence-electron chi connectivity index (χ0n) is 7.29. The van der Waals surface area contributed by atoms with Crippen LogP contribution in [-0.4, -0.2) is 25.3 Å². The van der Waals surface area contributed by atoms with Crippen LogP contribution in [0.25, 0.3) is 0 Å². The molecule has 3 nitrogen and oxygen atoms in total. The molecular weight excluding hydrogens is 173 g/mol. The Morgan fingerprint density at radius 3 is 3.00 bits per heavy atom. The van der Waals surface area contributed by atoms with E-state index in [0.29, 0.717) is 12.1 Å². The molecule has 0 aromatic rings. The smallest absolute Gasteiger partial charge is 0.327 e. The van der Waals surface area contributed by atoms with Gasteiger partial charge in [0.05, 0.1) is 7.11 Å². The highest BCUT2D eigenvalue weighted by molar-refractivity contribution is 5.98. The third kappa shape index (κ3) is 3.19. The Morgan fingerprint density at radius 2 is 2.46 bits per heavy atom. The van der Waals surface area contributed by atoms with Gasteiger partial charge in [-0.05, 0) is 18.2 Å². The molecule has 0 radical (unpaired) electrons. The normalized spacial score (nSPS) is 18.6. The molecule has 1 aliphatic rings. The number of carbonyl (C=O) groups excluding carboxylic acids is 1. The number of aliphatic imine (C=N–C) groups is 1. The maximum Gasteiger partial charge on any atom is 0.327 e. The molecule has 0 heterocycles. The molecule has 0 atom stereocenters. The summed E-state index contributed by atoms with van der Waals surface area (Å²) in [6, 6.07) is 0. The van der Waals surface area contributed by atoms with Gasteiger partial charge >= 0.3 is 5.97 Å². The number of carbonyl (C=O) groups is 1. The van der Waals surface area contributed by atoms with Crippen LogP contribution in [0.5, 0.6) is 0 Å². The molecule has 0 saturated heterocycles. The van der Waals surface area contributed by atoms with Crippen LogP contribution in [0.3, 0.4) is 0 Å². The number of rotatable bonds is 2. The van der Waals surface area contributed by atoms with Gasteiger partial charge < -0.3 is 4.74 Å². The second-order valence-electron chi connectivity index (χ2n) is 2.51. The Morgan fingerprint density at radius 1 is 1.69 bits per heavy atom. The Kier molecular flexibility index (Phi) is 3.37. The van der Waals surface area contributed by atoms with Gasteiger partial charge in [0, 0.05) is 12.1 Å². The molecule has 70 valence electrons. The van der Waals surface area contributed by atoms with E-state index in [0.717, 1.165) is 0 Å². The molecule has 0 amide bonds. The van der Waals surface area contributed by atoms with E-state index in [1.807, 2.05) is 0 Å². The number of ether oxygens (including phenoxy) is 1. The van der Waals surface area contributed by atoms with Gasteiger partial charge in [-0.1, -0.05) is 0 Å². The van der Waals surface area contributed by atoms with E-state index in [2.05, 4.69) is 9.73 Å². The molecule has 0 aliphatic heterocycles. The summed E-state index contributed by atoms with van der Waals surface area (Å²) in [5.74, 6) is -0.659. The lowest BCUT2D eigenvalue weighted by Gasteiger charge is -2.01. The predicted molar refractivity (Wildman–Crippen MR) is 47.3 cm³/mol. The molecule has 0 spiro atoms. The van der Waals surface area contributed by atoms with E-state index in [1.54, 1.807) is 6.08 Å². The molecule has 0 fully saturated rings. The van der Waals surface area contributed by atoms with Gasteiger partial charge in [-0.25, -0.2) is 4.39 Å². The lowest BCUT2D eigenvalue weighted by molar-refractivity contribution is -0.138. The maximum absolute atomic E-state index is 12.4. The second kappa shape index (κ2) is 4.54. The minimum absolute atomic E-state index is 0.00830. The first-order valence-electron chi connectivity index (χ1n) is 3.86. The van der Waals surface area contributed by atoms with E-state index in [-0.39, 0.29) is 12.4 Å². The number of esters is 1. The van der Waals surface area contributed by atoms with Crippen molar-refractivity contribution in [1.82, 2.24) is 0 Å². The lowest BCUT2D eigenvalue weighted by atomic mass is 10.1. The van der Waals surface area contributed by atoms with Crippen LogP contribution in [0.2, 0.25) is 0 Å². The minimum Gasteiger partial charge on any atom is -0.468 e. The van der Waals surface area contributed by atoms with Crippen molar-refractivity contribution in [3.8, 4) is 0 Å². The van der Waals surface area contributed by atoms with Crippen molar-refractivity contribution in [3.05, 3.63) is 24.1 Å². The molecule has 1 aliphatic carbocycles. The quantitative estimate of drug-likeness (QED) is 0.607. The highest BCUT2D eigenvalue weighted by atomic mass is 19.1. The molecule has 0 aromatic heterocycles. The van der Waals surface area contributed by atoms with Gasteiger partial charge in [0.2, 0.25) is 0 Å². The van der Waals surface area contributed by atoms with Gasteiger partial charge in [-0.2, -0.15) is 0 Å². The fraction of sp³-hybridized carbons (Fsp3) is 0.333. The largest absolute Gasteiger partial charge is 0.468 e. The van der Waals surface area contributed by atoms with E-state index in [4.69, 9.17) is 0 Å². The van der Waals surface area contributed by atoms with Crippen LogP contribution < -0.4 is 0 Å². The average Bonchev–Trinajstić information content (AvgIpc) is 2.16. The molecule has 4 heteroatoms. The van der Waals surface area contributed by atoms with E-state index in [1.165, 1.54) is 19.3 Å². The van der Waals surface area contributed by atoms with Gasteiger partial charge in [0.25, 0.3) is 0 Å². The van der Waals surface area contributed by atoms with Crippen LogP contribution >= 0.6 is 0 Å². The third-order valence-electron chi connectivity index (χ3n) is 1.58. The summed E-state index contributed by atoms with van der Waals surface area (Å²) >= 11 is 0. The van der Waals surface area contributed by atoms with Gasteiger partial charge in [0.1, 0.15) is 12.4 Å². The van der Waals surface area contributed by atoms with Crippen molar-refractivity contribution in [2.24, 2.45) is 4.99 Å². The van der Waals surface area contributed by atoms with E-state index < -0.39 is 5.97 Å². The van der Waals surface area contributed by atoms with Crippen molar-refractivity contribution in [1.29, 1.82) is 0 Å². The standard InChI is InChI=1S/C9H10FNO2/c1-13-9(12)6-11-8-4-2-7(10)3-5-8/h2-4H,5-6H2,1H3.